The predicted molar refractivity (Wildman–Crippen MR) is 59.9 cm³/mol. The lowest BCUT2D eigenvalue weighted by molar-refractivity contribution is -0.130. The van der Waals surface area contributed by atoms with Gasteiger partial charge in [-0.2, -0.15) is 0 Å². The van der Waals surface area contributed by atoms with Gasteiger partial charge in [0, 0.05) is 12.6 Å². The number of rotatable bonds is 3. The number of carbonyl (C=O) groups excluding carboxylic acids is 1. The van der Waals surface area contributed by atoms with Gasteiger partial charge in [-0.05, 0) is 26.2 Å². The van der Waals surface area contributed by atoms with Gasteiger partial charge in [-0.25, -0.2) is 0 Å². The van der Waals surface area contributed by atoms with Gasteiger partial charge in [0.15, 0.2) is 0 Å². The second kappa shape index (κ2) is 4.30. The van der Waals surface area contributed by atoms with Crippen LogP contribution in [0.25, 0.3) is 0 Å². The SMILES string of the molecule is CC(NC(=O)C(C)(C)CN)C(C)(C)C. The summed E-state index contributed by atoms with van der Waals surface area (Å²) in [5.41, 5.74) is 5.14. The standard InChI is InChI=1S/C11H24N2O/c1-8(10(2,3)4)13-9(14)11(5,6)7-12/h8H,7,12H2,1-6H3,(H,13,14). The molecule has 0 aromatic carbocycles. The zero-order chi connectivity index (χ0) is 11.6. The molecule has 0 bridgehead atoms. The maximum atomic E-state index is 11.8. The van der Waals surface area contributed by atoms with Crippen molar-refractivity contribution in [3.8, 4) is 0 Å². The molecule has 3 heteroatoms. The average molecular weight is 200 g/mol. The van der Waals surface area contributed by atoms with Crippen molar-refractivity contribution in [2.45, 2.75) is 47.6 Å². The Morgan fingerprint density at radius 3 is 2.00 bits per heavy atom. The Bertz CT molecular complexity index is 204. The highest BCUT2D eigenvalue weighted by Gasteiger charge is 2.29. The Balaban J connectivity index is 4.35. The second-order valence-electron chi connectivity index (χ2n) is 5.65. The van der Waals surface area contributed by atoms with Gasteiger partial charge >= 0.3 is 0 Å². The molecule has 0 saturated heterocycles. The highest BCUT2D eigenvalue weighted by molar-refractivity contribution is 5.82. The summed E-state index contributed by atoms with van der Waals surface area (Å²) in [6, 6.07) is 0.154. The van der Waals surface area contributed by atoms with E-state index >= 15 is 0 Å². The molecule has 3 nitrogen and oxygen atoms in total. The molecule has 0 aromatic heterocycles. The monoisotopic (exact) mass is 200 g/mol. The van der Waals surface area contributed by atoms with Crippen LogP contribution in [-0.2, 0) is 4.79 Å². The third-order valence-corrected chi connectivity index (χ3v) is 2.77. The number of amides is 1. The van der Waals surface area contributed by atoms with E-state index in [1.807, 2.05) is 20.8 Å². The van der Waals surface area contributed by atoms with Gasteiger partial charge in [0.05, 0.1) is 5.41 Å². The van der Waals surface area contributed by atoms with Gasteiger partial charge in [-0.15, -0.1) is 0 Å². The highest BCUT2D eigenvalue weighted by Crippen LogP contribution is 2.20. The Morgan fingerprint density at radius 2 is 1.71 bits per heavy atom. The topological polar surface area (TPSA) is 55.1 Å². The average Bonchev–Trinajstić information content (AvgIpc) is 2.02. The van der Waals surface area contributed by atoms with Crippen molar-refractivity contribution >= 4 is 5.91 Å². The fourth-order valence-corrected chi connectivity index (χ4v) is 0.701. The lowest BCUT2D eigenvalue weighted by Gasteiger charge is -2.31. The van der Waals surface area contributed by atoms with Gasteiger partial charge in [0.25, 0.3) is 0 Å². The van der Waals surface area contributed by atoms with Crippen LogP contribution < -0.4 is 11.1 Å². The van der Waals surface area contributed by atoms with Crippen LogP contribution >= 0.6 is 0 Å². The van der Waals surface area contributed by atoms with E-state index in [0.717, 1.165) is 0 Å². The van der Waals surface area contributed by atoms with E-state index in [1.54, 1.807) is 0 Å². The fourth-order valence-electron chi connectivity index (χ4n) is 0.701. The van der Waals surface area contributed by atoms with E-state index in [4.69, 9.17) is 5.73 Å². The minimum atomic E-state index is -0.473. The third kappa shape index (κ3) is 3.66. The molecule has 0 radical (unpaired) electrons. The van der Waals surface area contributed by atoms with Crippen LogP contribution in [0.1, 0.15) is 41.5 Å². The smallest absolute Gasteiger partial charge is 0.227 e. The highest BCUT2D eigenvalue weighted by atomic mass is 16.2. The van der Waals surface area contributed by atoms with Crippen molar-refractivity contribution in [2.75, 3.05) is 6.54 Å². The maximum absolute atomic E-state index is 11.8. The minimum Gasteiger partial charge on any atom is -0.353 e. The van der Waals surface area contributed by atoms with E-state index in [1.165, 1.54) is 0 Å². The summed E-state index contributed by atoms with van der Waals surface area (Å²) in [4.78, 5) is 11.8. The summed E-state index contributed by atoms with van der Waals surface area (Å²) < 4.78 is 0. The fraction of sp³-hybridized carbons (Fsp3) is 0.909. The first kappa shape index (κ1) is 13.4. The number of carbonyl (C=O) groups is 1. The molecule has 1 unspecified atom stereocenters. The summed E-state index contributed by atoms with van der Waals surface area (Å²) >= 11 is 0. The van der Waals surface area contributed by atoms with Crippen molar-refractivity contribution in [3.05, 3.63) is 0 Å². The molecule has 0 fully saturated rings. The van der Waals surface area contributed by atoms with Gasteiger partial charge in [-0.3, -0.25) is 4.79 Å². The van der Waals surface area contributed by atoms with Crippen molar-refractivity contribution in [1.82, 2.24) is 5.32 Å². The molecule has 0 aliphatic rings. The molecule has 3 N–H and O–H groups in total. The Morgan fingerprint density at radius 1 is 1.29 bits per heavy atom. The van der Waals surface area contributed by atoms with Crippen LogP contribution in [-0.4, -0.2) is 18.5 Å². The van der Waals surface area contributed by atoms with Crippen molar-refractivity contribution in [1.29, 1.82) is 0 Å². The Labute approximate surface area is 87.4 Å². The molecule has 1 amide bonds. The van der Waals surface area contributed by atoms with Crippen molar-refractivity contribution in [3.63, 3.8) is 0 Å². The number of hydrogen-bond donors (Lipinski definition) is 2. The molecule has 0 aliphatic carbocycles. The zero-order valence-corrected chi connectivity index (χ0v) is 10.3. The van der Waals surface area contributed by atoms with Crippen LogP contribution in [0.5, 0.6) is 0 Å². The molecular weight excluding hydrogens is 176 g/mol. The minimum absolute atomic E-state index is 0.0300. The summed E-state index contributed by atoms with van der Waals surface area (Å²) in [5.74, 6) is 0.0300. The molecule has 0 aliphatic heterocycles. The molecule has 0 rings (SSSR count). The molecular formula is C11H24N2O. The number of nitrogens with one attached hydrogen (secondary N) is 1. The first-order valence-electron chi connectivity index (χ1n) is 5.12. The van der Waals surface area contributed by atoms with Crippen LogP contribution in [0.4, 0.5) is 0 Å². The molecule has 0 heterocycles. The lowest BCUT2D eigenvalue weighted by Crippen LogP contribution is -2.49. The quantitative estimate of drug-likeness (QED) is 0.725. The molecule has 14 heavy (non-hydrogen) atoms. The van der Waals surface area contributed by atoms with E-state index in [2.05, 4.69) is 26.1 Å². The summed E-state index contributed by atoms with van der Waals surface area (Å²) in [7, 11) is 0. The normalized spacial score (nSPS) is 15.1. The van der Waals surface area contributed by atoms with Gasteiger partial charge in [-0.1, -0.05) is 20.8 Å². The van der Waals surface area contributed by atoms with Gasteiger partial charge in [0.1, 0.15) is 0 Å². The number of hydrogen-bond acceptors (Lipinski definition) is 2. The molecule has 0 aromatic rings. The van der Waals surface area contributed by atoms with E-state index in [9.17, 15) is 4.79 Å². The second-order valence-corrected chi connectivity index (χ2v) is 5.65. The zero-order valence-electron chi connectivity index (χ0n) is 10.3. The summed E-state index contributed by atoms with van der Waals surface area (Å²) in [6.45, 7) is 12.4. The molecule has 0 spiro atoms. The van der Waals surface area contributed by atoms with E-state index in [-0.39, 0.29) is 17.4 Å². The van der Waals surface area contributed by atoms with E-state index in [0.29, 0.717) is 6.54 Å². The third-order valence-electron chi connectivity index (χ3n) is 2.77. The van der Waals surface area contributed by atoms with Crippen LogP contribution in [0, 0.1) is 10.8 Å². The first-order valence-corrected chi connectivity index (χ1v) is 5.12. The van der Waals surface area contributed by atoms with Gasteiger partial charge in [0.2, 0.25) is 5.91 Å². The molecule has 0 saturated carbocycles. The molecule has 84 valence electrons. The summed E-state index contributed by atoms with van der Waals surface area (Å²) in [5, 5.41) is 2.99. The predicted octanol–water partition coefficient (Wildman–Crippen LogP) is 1.52. The largest absolute Gasteiger partial charge is 0.353 e. The summed E-state index contributed by atoms with van der Waals surface area (Å²) in [6.07, 6.45) is 0. The van der Waals surface area contributed by atoms with Crippen LogP contribution in [0.3, 0.4) is 0 Å². The maximum Gasteiger partial charge on any atom is 0.227 e. The van der Waals surface area contributed by atoms with Crippen LogP contribution in [0.2, 0.25) is 0 Å². The van der Waals surface area contributed by atoms with Crippen molar-refractivity contribution in [2.24, 2.45) is 16.6 Å². The van der Waals surface area contributed by atoms with E-state index < -0.39 is 5.41 Å². The van der Waals surface area contributed by atoms with Crippen LogP contribution in [0.15, 0.2) is 0 Å². The van der Waals surface area contributed by atoms with Crippen molar-refractivity contribution < 1.29 is 4.79 Å². The number of nitrogens with two attached hydrogens (primary N) is 1. The Kier molecular flexibility index (Phi) is 4.13. The molecule has 1 atom stereocenters. The first-order chi connectivity index (χ1) is 6.11. The van der Waals surface area contributed by atoms with Gasteiger partial charge < -0.3 is 11.1 Å². The lowest BCUT2D eigenvalue weighted by atomic mass is 9.86. The Hall–Kier alpha value is -0.570.